The Morgan fingerprint density at radius 3 is 2.24 bits per heavy atom. The van der Waals surface area contributed by atoms with Gasteiger partial charge in [-0.15, -0.1) is 6.58 Å². The predicted molar refractivity (Wildman–Crippen MR) is 129 cm³/mol. The molecule has 1 N–H and O–H groups in total. The second kappa shape index (κ2) is 10.7. The largest absolute Gasteiger partial charge is 0.465 e. The van der Waals surface area contributed by atoms with Crippen molar-refractivity contribution in [3.63, 3.8) is 0 Å². The van der Waals surface area contributed by atoms with E-state index in [0.717, 1.165) is 47.5 Å². The number of alkyl halides is 6. The van der Waals surface area contributed by atoms with E-state index < -0.39 is 45.9 Å². The summed E-state index contributed by atoms with van der Waals surface area (Å²) in [5.74, 6) is -0.789. The van der Waals surface area contributed by atoms with Gasteiger partial charge in [0.1, 0.15) is 5.41 Å². The summed E-state index contributed by atoms with van der Waals surface area (Å²) < 4.78 is 83.5. The molecular weight excluding hydrogens is 540 g/mol. The van der Waals surface area contributed by atoms with E-state index in [1.807, 2.05) is 0 Å². The number of benzene rings is 2. The van der Waals surface area contributed by atoms with Crippen molar-refractivity contribution in [2.24, 2.45) is 10.5 Å². The van der Waals surface area contributed by atoms with Crippen molar-refractivity contribution in [1.29, 1.82) is 0 Å². The van der Waals surface area contributed by atoms with E-state index in [4.69, 9.17) is 16.3 Å². The molecule has 6 nitrogen and oxygen atoms in total. The number of esters is 1. The van der Waals surface area contributed by atoms with Crippen LogP contribution in [0.3, 0.4) is 0 Å². The molecule has 0 aromatic heterocycles. The molecule has 1 aliphatic heterocycles. The van der Waals surface area contributed by atoms with E-state index in [0.29, 0.717) is 5.57 Å². The van der Waals surface area contributed by atoms with Crippen LogP contribution in [0.2, 0.25) is 5.02 Å². The third kappa shape index (κ3) is 6.12. The third-order valence-corrected chi connectivity index (χ3v) is 5.92. The molecule has 3 rings (SSSR count). The van der Waals surface area contributed by atoms with Crippen molar-refractivity contribution in [2.45, 2.75) is 32.6 Å². The number of carbonyl (C=O) groups is 2. The van der Waals surface area contributed by atoms with E-state index in [9.17, 15) is 35.9 Å². The lowest BCUT2D eigenvalue weighted by Gasteiger charge is -2.29. The summed E-state index contributed by atoms with van der Waals surface area (Å²) in [4.78, 5) is 26.2. The lowest BCUT2D eigenvalue weighted by atomic mass is 9.75. The molecule has 204 valence electrons. The Bertz CT molecular complexity index is 1270. The third-order valence-electron chi connectivity index (χ3n) is 5.61. The molecule has 0 saturated carbocycles. The molecule has 1 heterocycles. The van der Waals surface area contributed by atoms with Crippen LogP contribution in [0.15, 0.2) is 59.7 Å². The van der Waals surface area contributed by atoms with Crippen LogP contribution in [0, 0.1) is 5.41 Å². The van der Waals surface area contributed by atoms with Gasteiger partial charge in [0.2, 0.25) is 0 Å². The monoisotopic (exact) mass is 561 g/mol. The Labute approximate surface area is 218 Å². The van der Waals surface area contributed by atoms with Crippen LogP contribution in [0.4, 0.5) is 36.8 Å². The summed E-state index contributed by atoms with van der Waals surface area (Å²) in [5.41, 5.74) is -3.17. The Morgan fingerprint density at radius 2 is 1.74 bits per heavy atom. The van der Waals surface area contributed by atoms with E-state index >= 15 is 0 Å². The van der Waals surface area contributed by atoms with E-state index in [1.54, 1.807) is 13.8 Å². The lowest BCUT2D eigenvalue weighted by molar-refractivity contribution is -0.151. The molecule has 1 atom stereocenters. The highest BCUT2D eigenvalue weighted by Crippen LogP contribution is 2.41. The van der Waals surface area contributed by atoms with Crippen molar-refractivity contribution in [1.82, 2.24) is 5.01 Å². The zero-order valence-corrected chi connectivity index (χ0v) is 20.9. The van der Waals surface area contributed by atoms with Gasteiger partial charge < -0.3 is 10.1 Å². The fraction of sp³-hybridized carbons (Fsp3) is 0.320. The van der Waals surface area contributed by atoms with Crippen molar-refractivity contribution < 1.29 is 40.7 Å². The van der Waals surface area contributed by atoms with E-state index in [1.165, 1.54) is 0 Å². The SMILES string of the molecule is C=C(C)CC1(C(=O)OCC)CN(C(=O)Nc2ccc(C(F)(F)F)cc2)N=C1c1ccc(C(F)(F)F)c(Cl)c1. The van der Waals surface area contributed by atoms with Gasteiger partial charge in [0, 0.05) is 11.3 Å². The average Bonchev–Trinajstić information content (AvgIpc) is 3.18. The number of amides is 2. The number of halogens is 7. The zero-order chi connectivity index (χ0) is 28.5. The van der Waals surface area contributed by atoms with Crippen molar-refractivity contribution >= 4 is 35.0 Å². The number of hydrazone groups is 1. The number of nitrogens with zero attached hydrogens (tertiary/aromatic N) is 2. The fourth-order valence-electron chi connectivity index (χ4n) is 4.01. The molecule has 38 heavy (non-hydrogen) atoms. The molecule has 0 aliphatic carbocycles. The standard InChI is InChI=1S/C25H22ClF6N3O3/c1-4-38-21(36)23(12-14(2)3)13-35(22(37)33-17-8-6-16(7-9-17)24(27,28)29)34-20(23)15-5-10-18(19(26)11-15)25(30,31)32/h5-11H,2,4,12-13H2,1,3H3,(H,33,37). The number of hydrogen-bond acceptors (Lipinski definition) is 4. The van der Waals surface area contributed by atoms with Crippen molar-refractivity contribution in [3.8, 4) is 0 Å². The smallest absolute Gasteiger partial charge is 0.417 e. The first-order valence-electron chi connectivity index (χ1n) is 11.1. The van der Waals surface area contributed by atoms with E-state index in [2.05, 4.69) is 17.0 Å². The second-order valence-corrected chi connectivity index (χ2v) is 9.05. The van der Waals surface area contributed by atoms with Crippen molar-refractivity contribution in [3.05, 3.63) is 76.3 Å². The Balaban J connectivity index is 2.04. The highest BCUT2D eigenvalue weighted by atomic mass is 35.5. The van der Waals surface area contributed by atoms with Crippen LogP contribution >= 0.6 is 11.6 Å². The maximum Gasteiger partial charge on any atom is 0.417 e. The molecule has 0 bridgehead atoms. The Kier molecular flexibility index (Phi) is 8.16. The molecule has 2 aromatic rings. The topological polar surface area (TPSA) is 71.0 Å². The molecule has 1 aliphatic rings. The molecule has 1 unspecified atom stereocenters. The van der Waals surface area contributed by atoms with Crippen LogP contribution in [0.25, 0.3) is 0 Å². The lowest BCUT2D eigenvalue weighted by Crippen LogP contribution is -2.45. The summed E-state index contributed by atoms with van der Waals surface area (Å²) in [7, 11) is 0. The van der Waals surface area contributed by atoms with Crippen LogP contribution in [-0.4, -0.2) is 35.9 Å². The minimum atomic E-state index is -4.73. The van der Waals surface area contributed by atoms with Gasteiger partial charge in [-0.2, -0.15) is 31.4 Å². The molecule has 2 aromatic carbocycles. The minimum Gasteiger partial charge on any atom is -0.465 e. The zero-order valence-electron chi connectivity index (χ0n) is 20.1. The number of urea groups is 1. The first-order valence-corrected chi connectivity index (χ1v) is 11.5. The number of nitrogens with one attached hydrogen (secondary N) is 1. The van der Waals surface area contributed by atoms with Gasteiger partial charge in [0.15, 0.2) is 0 Å². The summed E-state index contributed by atoms with van der Waals surface area (Å²) in [5, 5.41) is 6.85. The summed E-state index contributed by atoms with van der Waals surface area (Å²) in [6.45, 7) is 6.58. The number of anilines is 1. The van der Waals surface area contributed by atoms with Gasteiger partial charge in [0.25, 0.3) is 0 Å². The molecule has 13 heteroatoms. The number of rotatable bonds is 6. The maximum atomic E-state index is 13.3. The van der Waals surface area contributed by atoms with E-state index in [-0.39, 0.29) is 36.5 Å². The minimum absolute atomic E-state index is 0.0193. The number of ether oxygens (including phenoxy) is 1. The molecule has 0 saturated heterocycles. The van der Waals surface area contributed by atoms with Gasteiger partial charge in [-0.1, -0.05) is 23.2 Å². The van der Waals surface area contributed by atoms with Gasteiger partial charge >= 0.3 is 24.4 Å². The fourth-order valence-corrected chi connectivity index (χ4v) is 4.30. The Morgan fingerprint density at radius 1 is 1.11 bits per heavy atom. The Hall–Kier alpha value is -3.54. The summed E-state index contributed by atoms with van der Waals surface area (Å²) in [6, 6.07) is 5.57. The number of carbonyl (C=O) groups excluding carboxylic acids is 2. The van der Waals surface area contributed by atoms with Crippen LogP contribution in [-0.2, 0) is 21.9 Å². The van der Waals surface area contributed by atoms with Gasteiger partial charge in [-0.3, -0.25) is 4.79 Å². The summed E-state index contributed by atoms with van der Waals surface area (Å²) >= 11 is 5.90. The van der Waals surface area contributed by atoms with Gasteiger partial charge in [0.05, 0.1) is 35.0 Å². The maximum absolute atomic E-state index is 13.3. The van der Waals surface area contributed by atoms with Gasteiger partial charge in [-0.05, 0) is 56.7 Å². The van der Waals surface area contributed by atoms with Crippen LogP contribution in [0.5, 0.6) is 0 Å². The number of allylic oxidation sites excluding steroid dienone is 1. The van der Waals surface area contributed by atoms with Crippen LogP contribution < -0.4 is 5.32 Å². The molecule has 0 fully saturated rings. The first kappa shape index (κ1) is 29.0. The second-order valence-electron chi connectivity index (χ2n) is 8.64. The number of hydrogen-bond donors (Lipinski definition) is 1. The normalized spacial score (nSPS) is 17.7. The molecular formula is C25H22ClF6N3O3. The molecule has 0 radical (unpaired) electrons. The van der Waals surface area contributed by atoms with Crippen LogP contribution in [0.1, 0.15) is 37.0 Å². The summed E-state index contributed by atoms with van der Waals surface area (Å²) in [6.07, 6.45) is -9.36. The highest BCUT2D eigenvalue weighted by molar-refractivity contribution is 6.32. The van der Waals surface area contributed by atoms with Crippen molar-refractivity contribution in [2.75, 3.05) is 18.5 Å². The average molecular weight is 562 g/mol. The quantitative estimate of drug-likeness (QED) is 0.231. The highest BCUT2D eigenvalue weighted by Gasteiger charge is 2.52. The van der Waals surface area contributed by atoms with Gasteiger partial charge in [-0.25, -0.2) is 9.80 Å². The molecule has 0 spiro atoms. The predicted octanol–water partition coefficient (Wildman–Crippen LogP) is 7.15. The first-order chi connectivity index (χ1) is 17.6. The molecule has 2 amide bonds.